The SMILES string of the molecule is COCn1ccc(NCCN2CCC(COc3ccc4c(NCCCc5ccccc5)ncnc4c3)CC2)n1. The molecule has 4 aromatic rings. The largest absolute Gasteiger partial charge is 0.493 e. The number of hydrogen-bond acceptors (Lipinski definition) is 8. The third-order valence-electron chi connectivity index (χ3n) is 7.21. The molecule has 0 atom stereocenters. The number of rotatable bonds is 14. The van der Waals surface area contributed by atoms with Crippen LogP contribution in [0, 0.1) is 5.92 Å². The van der Waals surface area contributed by atoms with Crippen LogP contribution in [0.25, 0.3) is 10.9 Å². The molecule has 9 heteroatoms. The second-order valence-corrected chi connectivity index (χ2v) is 10.1. The van der Waals surface area contributed by atoms with Crippen LogP contribution in [0.5, 0.6) is 5.75 Å². The van der Waals surface area contributed by atoms with E-state index >= 15 is 0 Å². The molecule has 0 amide bonds. The molecule has 0 aliphatic carbocycles. The van der Waals surface area contributed by atoms with Gasteiger partial charge in [0.15, 0.2) is 0 Å². The van der Waals surface area contributed by atoms with E-state index in [4.69, 9.17) is 9.47 Å². The van der Waals surface area contributed by atoms with Crippen LogP contribution in [0.3, 0.4) is 0 Å². The monoisotopic (exact) mass is 529 g/mol. The zero-order valence-electron chi connectivity index (χ0n) is 22.8. The predicted octanol–water partition coefficient (Wildman–Crippen LogP) is 4.68. The normalized spacial score (nSPS) is 14.5. The molecular weight excluding hydrogens is 490 g/mol. The zero-order chi connectivity index (χ0) is 26.7. The van der Waals surface area contributed by atoms with Gasteiger partial charge in [-0.15, -0.1) is 0 Å². The van der Waals surface area contributed by atoms with Gasteiger partial charge in [0.2, 0.25) is 0 Å². The van der Waals surface area contributed by atoms with Crippen molar-refractivity contribution in [3.63, 3.8) is 0 Å². The highest BCUT2D eigenvalue weighted by Crippen LogP contribution is 2.25. The van der Waals surface area contributed by atoms with Gasteiger partial charge in [0.05, 0.1) is 12.1 Å². The van der Waals surface area contributed by atoms with Crippen LogP contribution in [0.15, 0.2) is 67.1 Å². The van der Waals surface area contributed by atoms with Gasteiger partial charge < -0.3 is 25.0 Å². The molecule has 0 unspecified atom stereocenters. The molecule has 39 heavy (non-hydrogen) atoms. The average Bonchev–Trinajstić information content (AvgIpc) is 3.42. The first-order chi connectivity index (χ1) is 19.3. The Kier molecular flexibility index (Phi) is 9.60. The lowest BCUT2D eigenvalue weighted by Crippen LogP contribution is -2.38. The predicted molar refractivity (Wildman–Crippen MR) is 155 cm³/mol. The van der Waals surface area contributed by atoms with E-state index in [-0.39, 0.29) is 0 Å². The lowest BCUT2D eigenvalue weighted by molar-refractivity contribution is 0.121. The summed E-state index contributed by atoms with van der Waals surface area (Å²) in [5.74, 6) is 3.21. The van der Waals surface area contributed by atoms with Crippen molar-refractivity contribution in [3.8, 4) is 5.75 Å². The van der Waals surface area contributed by atoms with Gasteiger partial charge in [-0.05, 0) is 62.4 Å². The number of methoxy groups -OCH3 is 1. The van der Waals surface area contributed by atoms with Crippen molar-refractivity contribution in [1.29, 1.82) is 0 Å². The maximum absolute atomic E-state index is 6.20. The number of nitrogens with one attached hydrogen (secondary N) is 2. The summed E-state index contributed by atoms with van der Waals surface area (Å²) in [4.78, 5) is 11.5. The van der Waals surface area contributed by atoms with Crippen molar-refractivity contribution in [1.82, 2.24) is 24.6 Å². The van der Waals surface area contributed by atoms with Crippen LogP contribution >= 0.6 is 0 Å². The molecular formula is C30H39N7O2. The van der Waals surface area contributed by atoms with Crippen molar-refractivity contribution >= 4 is 22.5 Å². The Labute approximate surface area is 230 Å². The van der Waals surface area contributed by atoms with E-state index in [2.05, 4.69) is 67.0 Å². The third kappa shape index (κ3) is 7.91. The van der Waals surface area contributed by atoms with Crippen molar-refractivity contribution in [2.75, 3.05) is 57.1 Å². The van der Waals surface area contributed by atoms with E-state index in [0.717, 1.165) is 93.3 Å². The minimum atomic E-state index is 0.470. The molecule has 1 fully saturated rings. The second kappa shape index (κ2) is 13.9. The third-order valence-corrected chi connectivity index (χ3v) is 7.21. The molecule has 1 aliphatic rings. The summed E-state index contributed by atoms with van der Waals surface area (Å²) in [5.41, 5.74) is 2.27. The van der Waals surface area contributed by atoms with Crippen molar-refractivity contribution < 1.29 is 9.47 Å². The van der Waals surface area contributed by atoms with E-state index in [1.165, 1.54) is 5.56 Å². The van der Waals surface area contributed by atoms with E-state index in [9.17, 15) is 0 Å². The number of nitrogens with zero attached hydrogens (tertiary/aromatic N) is 5. The zero-order valence-corrected chi connectivity index (χ0v) is 22.8. The van der Waals surface area contributed by atoms with Gasteiger partial charge in [0.25, 0.3) is 0 Å². The summed E-state index contributed by atoms with van der Waals surface area (Å²) in [7, 11) is 1.67. The quantitative estimate of drug-likeness (QED) is 0.228. The molecule has 0 bridgehead atoms. The molecule has 2 N–H and O–H groups in total. The Balaban J connectivity index is 1.02. The molecule has 3 heterocycles. The van der Waals surface area contributed by atoms with Crippen molar-refractivity contribution in [3.05, 3.63) is 72.7 Å². The maximum atomic E-state index is 6.20. The first-order valence-corrected chi connectivity index (χ1v) is 13.9. The Morgan fingerprint density at radius 1 is 0.974 bits per heavy atom. The number of anilines is 2. The van der Waals surface area contributed by atoms with Gasteiger partial charge in [0.1, 0.15) is 30.4 Å². The molecule has 2 aromatic heterocycles. The molecule has 2 aromatic carbocycles. The molecule has 1 saturated heterocycles. The van der Waals surface area contributed by atoms with Gasteiger partial charge in [-0.3, -0.25) is 0 Å². The first kappa shape index (κ1) is 26.9. The van der Waals surface area contributed by atoms with Crippen LogP contribution in [0.4, 0.5) is 11.6 Å². The lowest BCUT2D eigenvalue weighted by atomic mass is 9.98. The summed E-state index contributed by atoms with van der Waals surface area (Å²) < 4.78 is 13.1. The summed E-state index contributed by atoms with van der Waals surface area (Å²) in [5, 5.41) is 12.3. The maximum Gasteiger partial charge on any atom is 0.148 e. The minimum Gasteiger partial charge on any atom is -0.493 e. The molecule has 5 rings (SSSR count). The van der Waals surface area contributed by atoms with Crippen LogP contribution in [-0.4, -0.2) is 71.1 Å². The minimum absolute atomic E-state index is 0.470. The number of piperidine rings is 1. The molecule has 0 spiro atoms. The Morgan fingerprint density at radius 2 is 1.85 bits per heavy atom. The van der Waals surface area contributed by atoms with Crippen LogP contribution in [-0.2, 0) is 17.9 Å². The summed E-state index contributed by atoms with van der Waals surface area (Å²) >= 11 is 0. The Morgan fingerprint density at radius 3 is 2.69 bits per heavy atom. The van der Waals surface area contributed by atoms with Crippen LogP contribution in [0.1, 0.15) is 24.8 Å². The highest BCUT2D eigenvalue weighted by atomic mass is 16.5. The van der Waals surface area contributed by atoms with E-state index < -0.39 is 0 Å². The molecule has 1 aliphatic heterocycles. The second-order valence-electron chi connectivity index (χ2n) is 10.1. The Hall–Kier alpha value is -3.69. The number of fused-ring (bicyclic) bond motifs is 1. The van der Waals surface area contributed by atoms with Gasteiger partial charge in [0, 0.05) is 50.5 Å². The van der Waals surface area contributed by atoms with Crippen molar-refractivity contribution in [2.24, 2.45) is 5.92 Å². The number of aromatic nitrogens is 4. The number of aryl methyl sites for hydroxylation is 1. The van der Waals surface area contributed by atoms with Crippen LogP contribution < -0.4 is 15.4 Å². The number of likely N-dealkylation sites (tertiary alicyclic amines) is 1. The fourth-order valence-corrected chi connectivity index (χ4v) is 5.00. The molecule has 0 saturated carbocycles. The summed E-state index contributed by atoms with van der Waals surface area (Å²) in [6.07, 6.45) is 7.94. The van der Waals surface area contributed by atoms with Gasteiger partial charge in [-0.25, -0.2) is 14.6 Å². The van der Waals surface area contributed by atoms with Crippen molar-refractivity contribution in [2.45, 2.75) is 32.4 Å². The number of hydrogen-bond donors (Lipinski definition) is 2. The topological polar surface area (TPSA) is 89.4 Å². The van der Waals surface area contributed by atoms with E-state index in [0.29, 0.717) is 12.6 Å². The first-order valence-electron chi connectivity index (χ1n) is 13.9. The summed E-state index contributed by atoms with van der Waals surface area (Å²) in [6, 6.07) is 18.7. The van der Waals surface area contributed by atoms with E-state index in [1.54, 1.807) is 18.1 Å². The molecule has 0 radical (unpaired) electrons. The molecule has 206 valence electrons. The highest BCUT2D eigenvalue weighted by molar-refractivity contribution is 5.89. The fraction of sp³-hybridized carbons (Fsp3) is 0.433. The highest BCUT2D eigenvalue weighted by Gasteiger charge is 2.19. The number of ether oxygens (including phenoxy) is 2. The fourth-order valence-electron chi connectivity index (χ4n) is 5.00. The standard InChI is InChI=1S/C30H39N7O2/c1-38-23-37-18-13-29(35-37)31-15-19-36-16-11-25(12-17-36)21-39-26-9-10-27-28(20-26)33-22-34-30(27)32-14-5-8-24-6-3-2-4-7-24/h2-4,6-7,9-10,13,18,20,22,25H,5,8,11-12,14-17,19,21,23H2,1H3,(H,31,35)(H,32,33,34). The Bertz CT molecular complexity index is 1290. The summed E-state index contributed by atoms with van der Waals surface area (Å²) in [6.45, 7) is 6.16. The molecule has 9 nitrogen and oxygen atoms in total. The average molecular weight is 530 g/mol. The lowest BCUT2D eigenvalue weighted by Gasteiger charge is -2.31. The smallest absolute Gasteiger partial charge is 0.148 e. The van der Waals surface area contributed by atoms with E-state index in [1.807, 2.05) is 24.4 Å². The van der Waals surface area contributed by atoms with Gasteiger partial charge in [-0.1, -0.05) is 30.3 Å². The van der Waals surface area contributed by atoms with Gasteiger partial charge >= 0.3 is 0 Å². The van der Waals surface area contributed by atoms with Crippen LogP contribution in [0.2, 0.25) is 0 Å². The number of benzene rings is 2. The van der Waals surface area contributed by atoms with Gasteiger partial charge in [-0.2, -0.15) is 5.10 Å².